The Morgan fingerprint density at radius 1 is 1.50 bits per heavy atom. The minimum atomic E-state index is -1.46. The first-order valence-corrected chi connectivity index (χ1v) is 9.59. The van der Waals surface area contributed by atoms with E-state index >= 15 is 4.39 Å². The summed E-state index contributed by atoms with van der Waals surface area (Å²) in [6.45, 7) is 6.35. The SMILES string of the molecule is C=CC1CN(c2c(F)cc3c(=O)c(C(=O)O)cn(C4CC4F)c3c2OC)CC1(C)N. The number of carboxylic acid groups (broad SMARTS) is 1. The van der Waals surface area contributed by atoms with Crippen molar-refractivity contribution >= 4 is 22.6 Å². The Labute approximate surface area is 171 Å². The first-order chi connectivity index (χ1) is 14.1. The lowest BCUT2D eigenvalue weighted by Crippen LogP contribution is -2.43. The molecule has 1 aromatic carbocycles. The molecule has 160 valence electrons. The lowest BCUT2D eigenvalue weighted by Gasteiger charge is -2.26. The summed E-state index contributed by atoms with van der Waals surface area (Å²) in [5, 5.41) is 9.23. The molecule has 1 saturated heterocycles. The van der Waals surface area contributed by atoms with Crippen LogP contribution in [0.2, 0.25) is 0 Å². The number of hydrogen-bond donors (Lipinski definition) is 2. The highest BCUT2D eigenvalue weighted by Crippen LogP contribution is 2.46. The third kappa shape index (κ3) is 2.96. The van der Waals surface area contributed by atoms with Crippen molar-refractivity contribution in [1.29, 1.82) is 0 Å². The van der Waals surface area contributed by atoms with Crippen LogP contribution in [-0.4, -0.2) is 47.6 Å². The molecule has 3 N–H and O–H groups in total. The van der Waals surface area contributed by atoms with Gasteiger partial charge < -0.3 is 25.0 Å². The molecule has 1 aliphatic heterocycles. The van der Waals surface area contributed by atoms with Gasteiger partial charge in [-0.2, -0.15) is 0 Å². The van der Waals surface area contributed by atoms with E-state index in [2.05, 4.69) is 6.58 Å². The highest BCUT2D eigenvalue weighted by molar-refractivity contribution is 5.97. The van der Waals surface area contributed by atoms with Gasteiger partial charge in [-0.05, 0) is 13.0 Å². The van der Waals surface area contributed by atoms with Crippen LogP contribution in [0, 0.1) is 11.7 Å². The predicted octanol–water partition coefficient (Wildman–Crippen LogP) is 2.47. The van der Waals surface area contributed by atoms with E-state index in [4.69, 9.17) is 10.5 Å². The number of pyridine rings is 1. The molecule has 1 aliphatic carbocycles. The van der Waals surface area contributed by atoms with Gasteiger partial charge in [0.05, 0.1) is 24.1 Å². The second kappa shape index (κ2) is 6.80. The largest absolute Gasteiger partial charge is 0.492 e. The third-order valence-corrected chi connectivity index (χ3v) is 6.07. The lowest BCUT2D eigenvalue weighted by atomic mass is 9.91. The molecule has 2 aromatic rings. The monoisotopic (exact) mass is 419 g/mol. The minimum absolute atomic E-state index is 0.0543. The summed E-state index contributed by atoms with van der Waals surface area (Å²) in [5.41, 5.74) is 4.60. The number of rotatable bonds is 5. The van der Waals surface area contributed by atoms with Crippen LogP contribution in [0.3, 0.4) is 0 Å². The van der Waals surface area contributed by atoms with E-state index in [1.807, 2.05) is 6.92 Å². The van der Waals surface area contributed by atoms with E-state index in [1.54, 1.807) is 11.0 Å². The molecule has 4 atom stereocenters. The number of alkyl halides is 1. The van der Waals surface area contributed by atoms with Crippen LogP contribution in [0.1, 0.15) is 29.7 Å². The van der Waals surface area contributed by atoms with Crippen LogP contribution in [0.15, 0.2) is 29.7 Å². The first kappa shape index (κ1) is 20.3. The number of nitrogens with zero attached hydrogens (tertiary/aromatic N) is 2. The van der Waals surface area contributed by atoms with Gasteiger partial charge in [-0.1, -0.05) is 6.08 Å². The third-order valence-electron chi connectivity index (χ3n) is 6.07. The number of fused-ring (bicyclic) bond motifs is 1. The van der Waals surface area contributed by atoms with E-state index in [9.17, 15) is 19.1 Å². The maximum Gasteiger partial charge on any atom is 0.341 e. The number of carbonyl (C=O) groups is 1. The second-order valence-corrected chi connectivity index (χ2v) is 8.27. The molecule has 4 unspecified atom stereocenters. The molecule has 7 nitrogen and oxygen atoms in total. The Hall–Kier alpha value is -2.94. The lowest BCUT2D eigenvalue weighted by molar-refractivity contribution is 0.0694. The van der Waals surface area contributed by atoms with Crippen molar-refractivity contribution in [2.24, 2.45) is 11.7 Å². The Bertz CT molecular complexity index is 1130. The standard InChI is InChI=1S/C21H23F2N3O4/c1-4-10-7-25(9-21(10,2)24)17-14(23)5-11-16(19(17)30-3)26(15-6-13(15)22)8-12(18(11)27)20(28)29/h4-5,8,10,13,15H,1,6-7,9,24H2,2-3H3,(H,28,29). The van der Waals surface area contributed by atoms with E-state index < -0.39 is 40.5 Å². The molecule has 2 fully saturated rings. The van der Waals surface area contributed by atoms with E-state index in [0.717, 1.165) is 12.3 Å². The molecule has 0 radical (unpaired) electrons. The van der Waals surface area contributed by atoms with E-state index in [-0.39, 0.29) is 34.7 Å². The highest BCUT2D eigenvalue weighted by Gasteiger charge is 2.43. The number of benzene rings is 1. The average molecular weight is 419 g/mol. The minimum Gasteiger partial charge on any atom is -0.492 e. The van der Waals surface area contributed by atoms with Crippen LogP contribution >= 0.6 is 0 Å². The number of halogens is 2. The van der Waals surface area contributed by atoms with Gasteiger partial charge in [0.1, 0.15) is 17.4 Å². The molecule has 0 amide bonds. The van der Waals surface area contributed by atoms with Crippen LogP contribution in [0.4, 0.5) is 14.5 Å². The first-order valence-electron chi connectivity index (χ1n) is 9.59. The molecule has 0 spiro atoms. The van der Waals surface area contributed by atoms with Gasteiger partial charge in [0.15, 0.2) is 11.6 Å². The Balaban J connectivity index is 2.02. The van der Waals surface area contributed by atoms with Crippen molar-refractivity contribution in [2.45, 2.75) is 31.1 Å². The summed E-state index contributed by atoms with van der Waals surface area (Å²) in [6, 6.07) is 0.362. The van der Waals surface area contributed by atoms with Crippen molar-refractivity contribution in [3.8, 4) is 5.75 Å². The van der Waals surface area contributed by atoms with Crippen LogP contribution in [0.25, 0.3) is 10.9 Å². The average Bonchev–Trinajstić information content (AvgIpc) is 3.31. The number of aromatic nitrogens is 1. The van der Waals surface area contributed by atoms with Crippen LogP contribution < -0.4 is 20.8 Å². The van der Waals surface area contributed by atoms with Gasteiger partial charge in [0.25, 0.3) is 0 Å². The summed E-state index contributed by atoms with van der Waals surface area (Å²) < 4.78 is 36.1. The van der Waals surface area contributed by atoms with Crippen molar-refractivity contribution in [1.82, 2.24) is 4.57 Å². The normalized spacial score (nSPS) is 28.0. The van der Waals surface area contributed by atoms with Gasteiger partial charge in [0.2, 0.25) is 5.43 Å². The Kier molecular flexibility index (Phi) is 4.61. The summed E-state index contributed by atoms with van der Waals surface area (Å²) in [4.78, 5) is 26.0. The number of nitrogens with two attached hydrogens (primary N) is 1. The summed E-state index contributed by atoms with van der Waals surface area (Å²) in [5.74, 6) is -2.24. The smallest absolute Gasteiger partial charge is 0.341 e. The number of aromatic carboxylic acids is 1. The summed E-state index contributed by atoms with van der Waals surface area (Å²) >= 11 is 0. The molecule has 0 bridgehead atoms. The Morgan fingerprint density at radius 2 is 2.17 bits per heavy atom. The molecule has 2 heterocycles. The Morgan fingerprint density at radius 3 is 2.67 bits per heavy atom. The maximum absolute atomic E-state index is 15.3. The van der Waals surface area contributed by atoms with E-state index in [1.165, 1.54) is 11.7 Å². The molecule has 1 aromatic heterocycles. The maximum atomic E-state index is 15.3. The summed E-state index contributed by atoms with van der Waals surface area (Å²) in [7, 11) is 1.33. The molecule has 30 heavy (non-hydrogen) atoms. The quantitative estimate of drug-likeness (QED) is 0.723. The molecular weight excluding hydrogens is 396 g/mol. The van der Waals surface area contributed by atoms with Crippen molar-refractivity contribution in [3.05, 3.63) is 46.5 Å². The predicted molar refractivity (Wildman–Crippen MR) is 109 cm³/mol. The van der Waals surface area contributed by atoms with E-state index in [0.29, 0.717) is 13.1 Å². The zero-order chi connectivity index (χ0) is 22.0. The fourth-order valence-electron chi connectivity index (χ4n) is 4.34. The zero-order valence-electron chi connectivity index (χ0n) is 16.7. The molecule has 9 heteroatoms. The van der Waals surface area contributed by atoms with Gasteiger partial charge in [-0.25, -0.2) is 13.6 Å². The molecule has 4 rings (SSSR count). The summed E-state index contributed by atoms with van der Waals surface area (Å²) in [6.07, 6.45) is 1.83. The van der Waals surface area contributed by atoms with Crippen LogP contribution in [-0.2, 0) is 0 Å². The van der Waals surface area contributed by atoms with Gasteiger partial charge >= 0.3 is 5.97 Å². The highest BCUT2D eigenvalue weighted by atomic mass is 19.1. The number of carboxylic acids is 1. The number of ether oxygens (including phenoxy) is 1. The molecule has 2 aliphatic rings. The zero-order valence-corrected chi connectivity index (χ0v) is 16.7. The van der Waals surface area contributed by atoms with Gasteiger partial charge in [-0.3, -0.25) is 4.79 Å². The topological polar surface area (TPSA) is 97.8 Å². The number of anilines is 1. The second-order valence-electron chi connectivity index (χ2n) is 8.27. The van der Waals surface area contributed by atoms with Crippen molar-refractivity contribution in [2.75, 3.05) is 25.1 Å². The number of hydrogen-bond acceptors (Lipinski definition) is 5. The van der Waals surface area contributed by atoms with Gasteiger partial charge in [0, 0.05) is 37.2 Å². The van der Waals surface area contributed by atoms with Crippen molar-refractivity contribution in [3.63, 3.8) is 0 Å². The van der Waals surface area contributed by atoms with Crippen molar-refractivity contribution < 1.29 is 23.4 Å². The molecular formula is C21H23F2N3O4. The van der Waals surface area contributed by atoms with Gasteiger partial charge in [-0.15, -0.1) is 6.58 Å². The molecule has 1 saturated carbocycles. The fraction of sp³-hybridized carbons (Fsp3) is 0.429. The number of methoxy groups -OCH3 is 1. The van der Waals surface area contributed by atoms with Crippen LogP contribution in [0.5, 0.6) is 5.75 Å². The fourth-order valence-corrected chi connectivity index (χ4v) is 4.34.